The number of alkyl halides is 3. The normalized spacial score (nSPS) is 15.1. The van der Waals surface area contributed by atoms with Crippen molar-refractivity contribution in [1.29, 1.82) is 0 Å². The van der Waals surface area contributed by atoms with Crippen molar-refractivity contribution < 1.29 is 37.0 Å². The van der Waals surface area contributed by atoms with Gasteiger partial charge in [-0.15, -0.1) is 0 Å². The Bertz CT molecular complexity index is 748. The van der Waals surface area contributed by atoms with Gasteiger partial charge < -0.3 is 19.1 Å². The molecule has 0 atom stereocenters. The van der Waals surface area contributed by atoms with E-state index >= 15 is 0 Å². The van der Waals surface area contributed by atoms with E-state index in [-0.39, 0.29) is 36.0 Å². The molecule has 1 aliphatic heterocycles. The molecule has 0 fully saturated rings. The Balaban J connectivity index is 2.68. The Labute approximate surface area is 152 Å². The lowest BCUT2D eigenvalue weighted by atomic mass is 10.1. The fourth-order valence-electron chi connectivity index (χ4n) is 2.46. The van der Waals surface area contributed by atoms with Crippen LogP contribution in [0.5, 0.6) is 0 Å². The topological polar surface area (TPSA) is 65.1 Å². The molecule has 0 bridgehead atoms. The largest absolute Gasteiger partial charge is 0.466 e. The maximum Gasteiger partial charge on any atom is 0.416 e. The fourth-order valence-corrected chi connectivity index (χ4v) is 2.73. The van der Waals surface area contributed by atoms with Gasteiger partial charge in [0.1, 0.15) is 12.4 Å². The summed E-state index contributed by atoms with van der Waals surface area (Å²) in [7, 11) is 2.22. The maximum absolute atomic E-state index is 13.1. The number of ether oxygens (including phenoxy) is 3. The Morgan fingerprint density at radius 2 is 1.88 bits per heavy atom. The van der Waals surface area contributed by atoms with Crippen LogP contribution in [0.1, 0.15) is 11.1 Å². The van der Waals surface area contributed by atoms with Crippen molar-refractivity contribution in [1.82, 2.24) is 0 Å². The maximum atomic E-state index is 13.1. The van der Waals surface area contributed by atoms with Crippen molar-refractivity contribution >= 4 is 30.3 Å². The number of hydrogen-bond acceptors (Lipinski definition) is 7. The molecule has 0 N–H and O–H groups in total. The van der Waals surface area contributed by atoms with Gasteiger partial charge in [-0.2, -0.15) is 25.8 Å². The highest BCUT2D eigenvalue weighted by Crippen LogP contribution is 2.36. The van der Waals surface area contributed by atoms with Crippen molar-refractivity contribution in [2.24, 2.45) is 0 Å². The molecule has 1 aromatic carbocycles. The molecule has 0 spiro atoms. The molecule has 0 radical (unpaired) electrons. The quantitative estimate of drug-likeness (QED) is 0.629. The number of halogens is 3. The average Bonchev–Trinajstić information content (AvgIpc) is 2.64. The highest BCUT2D eigenvalue weighted by molar-refractivity contribution is 7.79. The van der Waals surface area contributed by atoms with E-state index in [1.165, 1.54) is 6.07 Å². The van der Waals surface area contributed by atoms with Crippen molar-refractivity contribution in [3.63, 3.8) is 0 Å². The third-order valence-electron chi connectivity index (χ3n) is 3.71. The number of carbonyl (C=O) groups is 2. The van der Waals surface area contributed by atoms with Crippen molar-refractivity contribution in [2.75, 3.05) is 32.5 Å². The average molecular weight is 391 g/mol. The summed E-state index contributed by atoms with van der Waals surface area (Å²) < 4.78 is 53.9. The number of hydrogen-bond donors (Lipinski definition) is 1. The molecule has 0 saturated heterocycles. The zero-order valence-corrected chi connectivity index (χ0v) is 14.8. The molecule has 0 unspecified atom stereocenters. The molecule has 1 aliphatic rings. The van der Waals surface area contributed by atoms with Gasteiger partial charge in [-0.05, 0) is 17.7 Å². The predicted octanol–water partition coefficient (Wildman–Crippen LogP) is 2.53. The molecule has 0 saturated carbocycles. The van der Waals surface area contributed by atoms with Gasteiger partial charge in [0.15, 0.2) is 0 Å². The minimum absolute atomic E-state index is 0.0383. The number of esters is 2. The van der Waals surface area contributed by atoms with E-state index in [9.17, 15) is 22.8 Å². The van der Waals surface area contributed by atoms with Crippen LogP contribution in [-0.2, 0) is 35.7 Å². The minimum Gasteiger partial charge on any atom is -0.466 e. The van der Waals surface area contributed by atoms with Crippen LogP contribution in [0, 0.1) is 0 Å². The molecule has 6 nitrogen and oxygen atoms in total. The van der Waals surface area contributed by atoms with Crippen LogP contribution in [-0.4, -0.2) is 39.5 Å². The second kappa shape index (κ2) is 8.00. The summed E-state index contributed by atoms with van der Waals surface area (Å²) in [4.78, 5) is 25.4. The molecular weight excluding hydrogens is 375 g/mol. The Kier molecular flexibility index (Phi) is 6.19. The van der Waals surface area contributed by atoms with Crippen LogP contribution in [0.3, 0.4) is 0 Å². The van der Waals surface area contributed by atoms with E-state index < -0.39 is 23.7 Å². The van der Waals surface area contributed by atoms with E-state index in [1.807, 2.05) is 0 Å². The summed E-state index contributed by atoms with van der Waals surface area (Å²) in [5, 5.41) is 0. The van der Waals surface area contributed by atoms with Crippen molar-refractivity contribution in [3.8, 4) is 0 Å². The molecule has 142 valence electrons. The Hall–Kier alpha value is -2.20. The summed E-state index contributed by atoms with van der Waals surface area (Å²) in [5.74, 6) is -1.63. The first-order valence-corrected chi connectivity index (χ1v) is 7.93. The summed E-state index contributed by atoms with van der Waals surface area (Å²) in [5.41, 5.74) is -0.831. The van der Waals surface area contributed by atoms with Gasteiger partial charge in [0, 0.05) is 11.4 Å². The second-order valence-corrected chi connectivity index (χ2v) is 5.53. The predicted molar refractivity (Wildman–Crippen MR) is 88.5 cm³/mol. The summed E-state index contributed by atoms with van der Waals surface area (Å²) in [6, 6.07) is 3.05. The molecule has 0 aliphatic carbocycles. The third kappa shape index (κ3) is 3.96. The highest BCUT2D eigenvalue weighted by Gasteiger charge is 2.36. The fraction of sp³-hybridized carbons (Fsp3) is 0.375. The zero-order chi connectivity index (χ0) is 19.5. The van der Waals surface area contributed by atoms with E-state index in [1.54, 1.807) is 0 Å². The molecule has 26 heavy (non-hydrogen) atoms. The molecule has 1 aromatic rings. The van der Waals surface area contributed by atoms with Crippen molar-refractivity contribution in [2.45, 2.75) is 11.9 Å². The Morgan fingerprint density at radius 1 is 1.23 bits per heavy atom. The first kappa shape index (κ1) is 20.1. The minimum atomic E-state index is -4.58. The van der Waals surface area contributed by atoms with E-state index in [0.717, 1.165) is 31.3 Å². The second-order valence-electron chi connectivity index (χ2n) is 5.22. The molecule has 0 aromatic heterocycles. The van der Waals surface area contributed by atoms with E-state index in [2.05, 4.69) is 17.4 Å². The van der Waals surface area contributed by atoms with Gasteiger partial charge in [0.05, 0.1) is 32.0 Å². The lowest BCUT2D eigenvalue weighted by molar-refractivity contribution is -0.140. The number of rotatable bonds is 4. The Morgan fingerprint density at radius 3 is 2.42 bits per heavy atom. The molecule has 10 heteroatoms. The number of benzene rings is 1. The van der Waals surface area contributed by atoms with Crippen LogP contribution in [0.4, 0.5) is 18.9 Å². The summed E-state index contributed by atoms with van der Waals surface area (Å²) in [6.45, 7) is -0.476. The highest BCUT2D eigenvalue weighted by atomic mass is 32.1. The molecule has 1 heterocycles. The summed E-state index contributed by atoms with van der Waals surface area (Å²) in [6.07, 6.45) is -4.58. The third-order valence-corrected chi connectivity index (χ3v) is 4.05. The van der Waals surface area contributed by atoms with Gasteiger partial charge in [0.2, 0.25) is 0 Å². The number of thiol groups is 1. The van der Waals surface area contributed by atoms with Gasteiger partial charge in [0.25, 0.3) is 0 Å². The van der Waals surface area contributed by atoms with Gasteiger partial charge in [-0.25, -0.2) is 9.59 Å². The number of nitrogens with zero attached hydrogens (tertiary/aromatic N) is 1. The number of anilines is 1. The van der Waals surface area contributed by atoms with Crippen LogP contribution in [0.25, 0.3) is 0 Å². The van der Waals surface area contributed by atoms with E-state index in [0.29, 0.717) is 5.56 Å². The van der Waals surface area contributed by atoms with Crippen molar-refractivity contribution in [3.05, 3.63) is 40.6 Å². The molecular formula is C16H16F3NO5S. The standard InChI is InChI=1S/C16H16F3NO5S/c1-23-14(21)11-6-25-8-20(13(11)15(22)24-2)12-5-10(16(17,18)19)4-3-9(12)7-26/h3-5,26H,6-8H2,1-2H3. The molecule has 0 amide bonds. The number of carbonyl (C=O) groups excluding carboxylic acids is 2. The van der Waals surface area contributed by atoms with E-state index in [4.69, 9.17) is 9.47 Å². The lowest BCUT2D eigenvalue weighted by Crippen LogP contribution is -2.39. The first-order valence-electron chi connectivity index (χ1n) is 7.30. The van der Waals surface area contributed by atoms with Crippen LogP contribution in [0.15, 0.2) is 29.5 Å². The van der Waals surface area contributed by atoms with Crippen LogP contribution >= 0.6 is 12.6 Å². The monoisotopic (exact) mass is 391 g/mol. The van der Waals surface area contributed by atoms with Crippen LogP contribution in [0.2, 0.25) is 0 Å². The SMILES string of the molecule is COC(=O)C1=C(C(=O)OC)N(c2cc(C(F)(F)F)ccc2CS)COC1. The van der Waals surface area contributed by atoms with Gasteiger partial charge >= 0.3 is 18.1 Å². The van der Waals surface area contributed by atoms with Gasteiger partial charge in [-0.3, -0.25) is 0 Å². The smallest absolute Gasteiger partial charge is 0.416 e. The number of methoxy groups -OCH3 is 2. The first-order chi connectivity index (χ1) is 12.2. The zero-order valence-electron chi connectivity index (χ0n) is 13.9. The summed E-state index contributed by atoms with van der Waals surface area (Å²) >= 11 is 4.12. The molecule has 2 rings (SSSR count). The lowest BCUT2D eigenvalue weighted by Gasteiger charge is -2.33. The van der Waals surface area contributed by atoms with Gasteiger partial charge in [-0.1, -0.05) is 6.07 Å². The van der Waals surface area contributed by atoms with Crippen LogP contribution < -0.4 is 4.90 Å².